The van der Waals surface area contributed by atoms with E-state index >= 15 is 0 Å². The van der Waals surface area contributed by atoms with E-state index < -0.39 is 5.82 Å². The number of benzene rings is 2. The largest absolute Gasteiger partial charge is 0.497 e. The Morgan fingerprint density at radius 2 is 1.97 bits per heavy atom. The number of methoxy groups -OCH3 is 2. The molecule has 0 bridgehead atoms. The molecule has 0 saturated carbocycles. The molecule has 4 aromatic rings. The van der Waals surface area contributed by atoms with Crippen molar-refractivity contribution in [2.45, 2.75) is 6.54 Å². The van der Waals surface area contributed by atoms with Gasteiger partial charge >= 0.3 is 0 Å². The second kappa shape index (κ2) is 9.70. The monoisotopic (exact) mass is 466 g/mol. The van der Waals surface area contributed by atoms with Crippen molar-refractivity contribution in [1.29, 1.82) is 0 Å². The molecule has 1 N–H and O–H groups in total. The summed E-state index contributed by atoms with van der Waals surface area (Å²) >= 11 is 6.18. The fraction of sp³-hybridized carbons (Fsp3) is 0.125. The van der Waals surface area contributed by atoms with Crippen LogP contribution in [0, 0.1) is 5.82 Å². The lowest BCUT2D eigenvalue weighted by Crippen LogP contribution is -2.25. The Morgan fingerprint density at radius 3 is 2.67 bits per heavy atom. The summed E-state index contributed by atoms with van der Waals surface area (Å²) in [7, 11) is 3.00. The van der Waals surface area contributed by atoms with Gasteiger partial charge in [0.2, 0.25) is 0 Å². The van der Waals surface area contributed by atoms with Crippen LogP contribution in [-0.4, -0.2) is 34.9 Å². The van der Waals surface area contributed by atoms with Gasteiger partial charge in [-0.1, -0.05) is 17.7 Å². The fourth-order valence-corrected chi connectivity index (χ4v) is 3.58. The normalized spacial score (nSPS) is 10.7. The molecule has 1 amide bonds. The van der Waals surface area contributed by atoms with Crippen molar-refractivity contribution in [3.63, 3.8) is 0 Å². The average Bonchev–Trinajstić information content (AvgIpc) is 3.36. The van der Waals surface area contributed by atoms with Gasteiger partial charge in [-0.2, -0.15) is 5.10 Å². The number of hydrogen-bond donors (Lipinski definition) is 1. The molecule has 4 rings (SSSR count). The molecule has 0 unspecified atom stereocenters. The van der Waals surface area contributed by atoms with E-state index in [-0.39, 0.29) is 18.0 Å². The number of nitrogens with zero attached hydrogens (tertiary/aromatic N) is 3. The maximum Gasteiger partial charge on any atom is 0.255 e. The Hall–Kier alpha value is -3.91. The molecular formula is C24H20ClFN4O3. The first-order chi connectivity index (χ1) is 16.0. The molecule has 9 heteroatoms. The van der Waals surface area contributed by atoms with Gasteiger partial charge in [0.1, 0.15) is 17.3 Å². The van der Waals surface area contributed by atoms with Crippen molar-refractivity contribution in [3.8, 4) is 28.4 Å². The van der Waals surface area contributed by atoms with Crippen LogP contribution in [0.15, 0.2) is 67.1 Å². The minimum Gasteiger partial charge on any atom is -0.497 e. The van der Waals surface area contributed by atoms with Crippen LogP contribution >= 0.6 is 11.6 Å². The summed E-state index contributed by atoms with van der Waals surface area (Å²) in [6.45, 7) is 0.235. The molecule has 7 nitrogen and oxygen atoms in total. The highest BCUT2D eigenvalue weighted by atomic mass is 35.5. The van der Waals surface area contributed by atoms with Gasteiger partial charge in [-0.15, -0.1) is 0 Å². The quantitative estimate of drug-likeness (QED) is 0.428. The number of carbonyl (C=O) groups excluding carboxylic acids is 1. The standard InChI is InChI=1S/C24H20ClFN4O3/c1-32-19-10-16(9-18(26)12-19)17-11-20(23(27-14-17)30-7-3-6-29-30)24(31)28-13-15-4-5-22(33-2)21(25)8-15/h3-12,14H,13H2,1-2H3,(H,28,31). The fourth-order valence-electron chi connectivity index (χ4n) is 3.30. The Labute approximate surface area is 194 Å². The van der Waals surface area contributed by atoms with Crippen LogP contribution in [0.4, 0.5) is 4.39 Å². The molecule has 2 aromatic carbocycles. The summed E-state index contributed by atoms with van der Waals surface area (Å²) < 4.78 is 25.9. The summed E-state index contributed by atoms with van der Waals surface area (Å²) in [6, 6.07) is 13.0. The van der Waals surface area contributed by atoms with Crippen LogP contribution in [0.2, 0.25) is 5.02 Å². The number of halogens is 2. The maximum absolute atomic E-state index is 14.0. The first-order valence-corrected chi connectivity index (χ1v) is 10.3. The van der Waals surface area contributed by atoms with Gasteiger partial charge in [0.05, 0.1) is 24.8 Å². The van der Waals surface area contributed by atoms with E-state index in [1.807, 2.05) is 6.07 Å². The molecule has 0 radical (unpaired) electrons. The van der Waals surface area contributed by atoms with Gasteiger partial charge in [-0.25, -0.2) is 14.1 Å². The molecular weight excluding hydrogens is 447 g/mol. The highest BCUT2D eigenvalue weighted by Crippen LogP contribution is 2.28. The highest BCUT2D eigenvalue weighted by Gasteiger charge is 2.17. The molecule has 168 valence electrons. The number of pyridine rings is 1. The third-order valence-corrected chi connectivity index (χ3v) is 5.24. The van der Waals surface area contributed by atoms with E-state index in [1.54, 1.807) is 48.9 Å². The molecule has 0 saturated heterocycles. The van der Waals surface area contributed by atoms with Crippen molar-refractivity contribution in [2.75, 3.05) is 14.2 Å². The molecule has 33 heavy (non-hydrogen) atoms. The molecule has 2 aromatic heterocycles. The van der Waals surface area contributed by atoms with Crippen molar-refractivity contribution >= 4 is 17.5 Å². The summed E-state index contributed by atoms with van der Waals surface area (Å²) in [6.07, 6.45) is 4.84. The van der Waals surface area contributed by atoms with E-state index in [4.69, 9.17) is 21.1 Å². The number of nitrogens with one attached hydrogen (secondary N) is 1. The van der Waals surface area contributed by atoms with Gasteiger partial charge in [-0.05, 0) is 47.5 Å². The number of hydrogen-bond acceptors (Lipinski definition) is 5. The number of carbonyl (C=O) groups is 1. The van der Waals surface area contributed by atoms with E-state index in [1.165, 1.54) is 31.0 Å². The number of amides is 1. The number of ether oxygens (including phenoxy) is 2. The van der Waals surface area contributed by atoms with Crippen molar-refractivity contribution in [2.24, 2.45) is 0 Å². The summed E-state index contributed by atoms with van der Waals surface area (Å²) in [5, 5.41) is 7.51. The summed E-state index contributed by atoms with van der Waals surface area (Å²) in [5.41, 5.74) is 2.16. The molecule has 0 spiro atoms. The van der Waals surface area contributed by atoms with Gasteiger partial charge < -0.3 is 14.8 Å². The minimum atomic E-state index is -0.456. The first-order valence-electron chi connectivity index (χ1n) is 9.94. The SMILES string of the molecule is COc1cc(F)cc(-c2cnc(-n3cccn3)c(C(=O)NCc3ccc(OC)c(Cl)c3)c2)c1. The van der Waals surface area contributed by atoms with Gasteiger partial charge in [-0.3, -0.25) is 4.79 Å². The second-order valence-electron chi connectivity index (χ2n) is 7.08. The zero-order valence-electron chi connectivity index (χ0n) is 17.9. The molecule has 0 aliphatic carbocycles. The summed E-state index contributed by atoms with van der Waals surface area (Å²) in [4.78, 5) is 17.6. The van der Waals surface area contributed by atoms with E-state index in [0.717, 1.165) is 5.56 Å². The zero-order chi connectivity index (χ0) is 23.4. The van der Waals surface area contributed by atoms with Crippen LogP contribution < -0.4 is 14.8 Å². The zero-order valence-corrected chi connectivity index (χ0v) is 18.6. The van der Waals surface area contributed by atoms with Gasteiger partial charge in [0.25, 0.3) is 5.91 Å². The lowest BCUT2D eigenvalue weighted by atomic mass is 10.0. The predicted octanol–water partition coefficient (Wildman–Crippen LogP) is 4.67. The summed E-state index contributed by atoms with van der Waals surface area (Å²) in [5.74, 6) is 0.434. The molecule has 0 atom stereocenters. The maximum atomic E-state index is 14.0. The molecule has 0 fully saturated rings. The van der Waals surface area contributed by atoms with Crippen LogP contribution in [-0.2, 0) is 6.54 Å². The number of rotatable bonds is 7. The predicted molar refractivity (Wildman–Crippen MR) is 122 cm³/mol. The van der Waals surface area contributed by atoms with Crippen molar-refractivity contribution < 1.29 is 18.7 Å². The Morgan fingerprint density at radius 1 is 1.12 bits per heavy atom. The Balaban J connectivity index is 1.67. The second-order valence-corrected chi connectivity index (χ2v) is 7.48. The van der Waals surface area contributed by atoms with Crippen molar-refractivity contribution in [3.05, 3.63) is 89.1 Å². The third-order valence-electron chi connectivity index (χ3n) is 4.94. The van der Waals surface area contributed by atoms with E-state index in [9.17, 15) is 9.18 Å². The van der Waals surface area contributed by atoms with Gasteiger partial charge in [0, 0.05) is 36.8 Å². The Bertz CT molecular complexity index is 1300. The lowest BCUT2D eigenvalue weighted by molar-refractivity contribution is 0.0950. The minimum absolute atomic E-state index is 0.235. The van der Waals surface area contributed by atoms with Gasteiger partial charge in [0.15, 0.2) is 5.82 Å². The highest BCUT2D eigenvalue weighted by molar-refractivity contribution is 6.32. The average molecular weight is 467 g/mol. The van der Waals surface area contributed by atoms with Crippen LogP contribution in [0.25, 0.3) is 16.9 Å². The molecule has 0 aliphatic heterocycles. The smallest absolute Gasteiger partial charge is 0.255 e. The first kappa shape index (κ1) is 22.3. The lowest BCUT2D eigenvalue weighted by Gasteiger charge is -2.13. The van der Waals surface area contributed by atoms with Crippen LogP contribution in [0.3, 0.4) is 0 Å². The van der Waals surface area contributed by atoms with Crippen LogP contribution in [0.1, 0.15) is 15.9 Å². The van der Waals surface area contributed by atoms with Crippen LogP contribution in [0.5, 0.6) is 11.5 Å². The third kappa shape index (κ3) is 4.96. The van der Waals surface area contributed by atoms with E-state index in [2.05, 4.69) is 15.4 Å². The van der Waals surface area contributed by atoms with E-state index in [0.29, 0.717) is 33.5 Å². The van der Waals surface area contributed by atoms with Crippen molar-refractivity contribution in [1.82, 2.24) is 20.1 Å². The molecule has 2 heterocycles. The topological polar surface area (TPSA) is 78.3 Å². The number of aromatic nitrogens is 3. The molecule has 0 aliphatic rings. The Kier molecular flexibility index (Phi) is 6.55.